The van der Waals surface area contributed by atoms with E-state index in [2.05, 4.69) is 10.6 Å². The number of halogens is 1. The van der Waals surface area contributed by atoms with Gasteiger partial charge in [-0.25, -0.2) is 4.39 Å². The first-order chi connectivity index (χ1) is 9.66. The van der Waals surface area contributed by atoms with Gasteiger partial charge < -0.3 is 10.6 Å². The maximum Gasteiger partial charge on any atom is 0.237 e. The summed E-state index contributed by atoms with van der Waals surface area (Å²) < 4.78 is 13.7. The van der Waals surface area contributed by atoms with Crippen LogP contribution in [-0.2, 0) is 4.79 Å². The van der Waals surface area contributed by atoms with Crippen molar-refractivity contribution in [1.29, 1.82) is 0 Å². The summed E-state index contributed by atoms with van der Waals surface area (Å²) >= 11 is 0. The third-order valence-corrected chi connectivity index (χ3v) is 4.76. The van der Waals surface area contributed by atoms with Crippen molar-refractivity contribution in [1.82, 2.24) is 10.6 Å². The number of nitrogens with one attached hydrogen (secondary N) is 2. The predicted molar refractivity (Wildman–Crippen MR) is 75.6 cm³/mol. The lowest BCUT2D eigenvalue weighted by Gasteiger charge is -2.21. The maximum atomic E-state index is 13.7. The number of hydrogen-bond donors (Lipinski definition) is 2. The lowest BCUT2D eigenvalue weighted by atomic mass is 9.93. The highest BCUT2D eigenvalue weighted by molar-refractivity contribution is 5.83. The Labute approximate surface area is 118 Å². The van der Waals surface area contributed by atoms with Gasteiger partial charge in [0, 0.05) is 5.56 Å². The molecule has 3 rings (SSSR count). The van der Waals surface area contributed by atoms with E-state index in [0.29, 0.717) is 17.4 Å². The van der Waals surface area contributed by atoms with E-state index in [1.54, 1.807) is 18.2 Å². The van der Waals surface area contributed by atoms with E-state index < -0.39 is 0 Å². The highest BCUT2D eigenvalue weighted by Gasteiger charge is 2.42. The van der Waals surface area contributed by atoms with E-state index in [0.717, 1.165) is 13.0 Å². The van der Waals surface area contributed by atoms with Crippen LogP contribution < -0.4 is 10.6 Å². The Morgan fingerprint density at radius 1 is 1.40 bits per heavy atom. The number of amides is 1. The number of fused-ring (bicyclic) bond motifs is 1. The normalized spacial score (nSPS) is 30.0. The van der Waals surface area contributed by atoms with Crippen molar-refractivity contribution >= 4 is 5.91 Å². The van der Waals surface area contributed by atoms with Gasteiger partial charge in [-0.3, -0.25) is 4.79 Å². The summed E-state index contributed by atoms with van der Waals surface area (Å²) in [5, 5.41) is 6.27. The Balaban J connectivity index is 1.66. The quantitative estimate of drug-likeness (QED) is 0.890. The topological polar surface area (TPSA) is 41.1 Å². The van der Waals surface area contributed by atoms with Crippen LogP contribution in [0.3, 0.4) is 0 Å². The molecule has 2 N–H and O–H groups in total. The van der Waals surface area contributed by atoms with Gasteiger partial charge in [-0.15, -0.1) is 0 Å². The van der Waals surface area contributed by atoms with Gasteiger partial charge in [0.25, 0.3) is 0 Å². The average molecular weight is 276 g/mol. The lowest BCUT2D eigenvalue weighted by Crippen LogP contribution is -2.44. The molecule has 2 aliphatic rings. The minimum absolute atomic E-state index is 0.00940. The Morgan fingerprint density at radius 2 is 2.20 bits per heavy atom. The largest absolute Gasteiger partial charge is 0.348 e. The molecular weight excluding hydrogens is 255 g/mol. The minimum Gasteiger partial charge on any atom is -0.348 e. The molecular formula is C16H21FN2O. The average Bonchev–Trinajstić information content (AvgIpc) is 3.00. The van der Waals surface area contributed by atoms with Crippen molar-refractivity contribution in [2.24, 2.45) is 11.8 Å². The highest BCUT2D eigenvalue weighted by Crippen LogP contribution is 2.37. The molecule has 3 nitrogen and oxygen atoms in total. The summed E-state index contributed by atoms with van der Waals surface area (Å²) in [4.78, 5) is 12.4. The molecule has 1 aliphatic heterocycles. The van der Waals surface area contributed by atoms with Crippen molar-refractivity contribution in [3.8, 4) is 0 Å². The highest BCUT2D eigenvalue weighted by atomic mass is 19.1. The van der Waals surface area contributed by atoms with Gasteiger partial charge in [-0.05, 0) is 44.2 Å². The SMILES string of the molecule is CC(NC(=O)C1NCC2CCCC21)c1ccccc1F. The number of carbonyl (C=O) groups is 1. The zero-order chi connectivity index (χ0) is 14.1. The molecule has 0 aromatic heterocycles. The summed E-state index contributed by atoms with van der Waals surface area (Å²) in [6.45, 7) is 2.77. The van der Waals surface area contributed by atoms with E-state index in [1.165, 1.54) is 18.9 Å². The van der Waals surface area contributed by atoms with E-state index in [4.69, 9.17) is 0 Å². The van der Waals surface area contributed by atoms with Gasteiger partial charge in [0.15, 0.2) is 0 Å². The molecule has 0 spiro atoms. The molecule has 1 aromatic carbocycles. The number of rotatable bonds is 3. The standard InChI is InChI=1S/C16H21FN2O/c1-10(12-6-2-3-8-14(12)17)19-16(20)15-13-7-4-5-11(13)9-18-15/h2-3,6,8,10-11,13,15,18H,4-5,7,9H2,1H3,(H,19,20). The summed E-state index contributed by atoms with van der Waals surface area (Å²) in [7, 11) is 0. The number of benzene rings is 1. The third kappa shape index (κ3) is 2.44. The number of hydrogen-bond acceptors (Lipinski definition) is 2. The second kappa shape index (κ2) is 5.52. The fourth-order valence-electron chi connectivity index (χ4n) is 3.68. The molecule has 1 heterocycles. The van der Waals surface area contributed by atoms with Gasteiger partial charge >= 0.3 is 0 Å². The van der Waals surface area contributed by atoms with Crippen molar-refractivity contribution in [2.45, 2.75) is 38.3 Å². The maximum absolute atomic E-state index is 13.7. The summed E-state index contributed by atoms with van der Waals surface area (Å²) in [6.07, 6.45) is 3.58. The molecule has 1 saturated carbocycles. The van der Waals surface area contributed by atoms with Gasteiger partial charge in [0.1, 0.15) is 5.82 Å². The van der Waals surface area contributed by atoms with Crippen molar-refractivity contribution in [3.63, 3.8) is 0 Å². The van der Waals surface area contributed by atoms with E-state index >= 15 is 0 Å². The van der Waals surface area contributed by atoms with Crippen molar-refractivity contribution in [2.75, 3.05) is 6.54 Å². The molecule has 4 atom stereocenters. The Hall–Kier alpha value is -1.42. The third-order valence-electron chi connectivity index (χ3n) is 4.76. The van der Waals surface area contributed by atoms with Crippen LogP contribution in [0.2, 0.25) is 0 Å². The zero-order valence-electron chi connectivity index (χ0n) is 11.7. The fourth-order valence-corrected chi connectivity index (χ4v) is 3.68. The molecule has 1 aromatic rings. The van der Waals surface area contributed by atoms with Crippen molar-refractivity contribution in [3.05, 3.63) is 35.6 Å². The Morgan fingerprint density at radius 3 is 3.00 bits per heavy atom. The molecule has 108 valence electrons. The van der Waals surface area contributed by atoms with E-state index in [9.17, 15) is 9.18 Å². The first-order valence-corrected chi connectivity index (χ1v) is 7.45. The van der Waals surface area contributed by atoms with Crippen LogP contribution in [0.5, 0.6) is 0 Å². The fraction of sp³-hybridized carbons (Fsp3) is 0.562. The molecule has 1 aliphatic carbocycles. The molecule has 4 unspecified atom stereocenters. The molecule has 2 fully saturated rings. The van der Waals surface area contributed by atoms with E-state index in [-0.39, 0.29) is 23.8 Å². The van der Waals surface area contributed by atoms with Crippen LogP contribution in [0.1, 0.15) is 37.8 Å². The molecule has 1 amide bonds. The van der Waals surface area contributed by atoms with Crippen LogP contribution in [0.15, 0.2) is 24.3 Å². The minimum atomic E-state index is -0.300. The van der Waals surface area contributed by atoms with Gasteiger partial charge in [0.2, 0.25) is 5.91 Å². The second-order valence-corrected chi connectivity index (χ2v) is 5.99. The monoisotopic (exact) mass is 276 g/mol. The van der Waals surface area contributed by atoms with Crippen LogP contribution in [0.4, 0.5) is 4.39 Å². The van der Waals surface area contributed by atoms with Crippen LogP contribution in [0, 0.1) is 17.7 Å². The summed E-state index contributed by atoms with van der Waals surface area (Å²) in [5.74, 6) is 0.853. The van der Waals surface area contributed by atoms with Crippen molar-refractivity contribution < 1.29 is 9.18 Å². The Bertz CT molecular complexity index is 505. The summed E-state index contributed by atoms with van der Waals surface area (Å²) in [5.41, 5.74) is 0.543. The first kappa shape index (κ1) is 13.6. The molecule has 4 heteroatoms. The molecule has 0 bridgehead atoms. The molecule has 20 heavy (non-hydrogen) atoms. The first-order valence-electron chi connectivity index (χ1n) is 7.45. The van der Waals surface area contributed by atoms with Crippen LogP contribution >= 0.6 is 0 Å². The lowest BCUT2D eigenvalue weighted by molar-refractivity contribution is -0.124. The van der Waals surface area contributed by atoms with Gasteiger partial charge in [-0.2, -0.15) is 0 Å². The van der Waals surface area contributed by atoms with Gasteiger partial charge in [0.05, 0.1) is 12.1 Å². The zero-order valence-corrected chi connectivity index (χ0v) is 11.7. The molecule has 0 radical (unpaired) electrons. The number of carbonyl (C=O) groups excluding carboxylic acids is 1. The van der Waals surface area contributed by atoms with Crippen LogP contribution in [-0.4, -0.2) is 18.5 Å². The van der Waals surface area contributed by atoms with E-state index in [1.807, 2.05) is 6.92 Å². The van der Waals surface area contributed by atoms with Gasteiger partial charge in [-0.1, -0.05) is 24.6 Å². The smallest absolute Gasteiger partial charge is 0.237 e. The van der Waals surface area contributed by atoms with Crippen LogP contribution in [0.25, 0.3) is 0 Å². The Kier molecular flexibility index (Phi) is 3.74. The summed E-state index contributed by atoms with van der Waals surface area (Å²) in [6, 6.07) is 6.21. The predicted octanol–water partition coefficient (Wildman–Crippen LogP) is 2.39. The second-order valence-electron chi connectivity index (χ2n) is 5.99. The molecule has 1 saturated heterocycles.